The second-order valence-corrected chi connectivity index (χ2v) is 5.80. The van der Waals surface area contributed by atoms with E-state index in [1.165, 1.54) is 10.1 Å². The lowest BCUT2D eigenvalue weighted by atomic mass is 10.0. The highest BCUT2D eigenvalue weighted by Crippen LogP contribution is 2.20. The highest BCUT2D eigenvalue weighted by atomic mass is 16.1. The van der Waals surface area contributed by atoms with Crippen LogP contribution in [-0.4, -0.2) is 14.6 Å². The van der Waals surface area contributed by atoms with Crippen LogP contribution in [0.5, 0.6) is 0 Å². The molecule has 1 aromatic carbocycles. The van der Waals surface area contributed by atoms with Crippen LogP contribution in [0.4, 0.5) is 0 Å². The molecule has 0 fully saturated rings. The Morgan fingerprint density at radius 1 is 1.14 bits per heavy atom. The topological polar surface area (TPSA) is 50.2 Å². The molecule has 0 spiro atoms. The fraction of sp³-hybridized carbons (Fsp3) is 0.294. The average molecular weight is 281 g/mol. The Bertz CT molecular complexity index is 854. The molecule has 0 aliphatic heterocycles. The first-order valence-electron chi connectivity index (χ1n) is 7.16. The Kier molecular flexibility index (Phi) is 3.16. The largest absolute Gasteiger partial charge is 0.289 e. The third kappa shape index (κ3) is 2.27. The molecule has 2 heterocycles. The second-order valence-electron chi connectivity index (χ2n) is 5.80. The maximum Gasteiger partial charge on any atom is 0.276 e. The predicted octanol–water partition coefficient (Wildman–Crippen LogP) is 3.43. The van der Waals surface area contributed by atoms with Crippen LogP contribution in [0.25, 0.3) is 16.9 Å². The van der Waals surface area contributed by atoms with Gasteiger partial charge < -0.3 is 0 Å². The van der Waals surface area contributed by atoms with Crippen molar-refractivity contribution in [1.29, 1.82) is 0 Å². The number of hydrogen-bond acceptors (Lipinski definition) is 2. The Hall–Kier alpha value is -2.36. The van der Waals surface area contributed by atoms with Gasteiger partial charge in [-0.2, -0.15) is 0 Å². The lowest BCUT2D eigenvalue weighted by molar-refractivity contribution is 0.781. The monoisotopic (exact) mass is 281 g/mol. The molecule has 0 saturated heterocycles. The molecular formula is C17H19N3O. The number of nitrogens with one attached hydrogen (secondary N) is 1. The molecular weight excluding hydrogens is 262 g/mol. The summed E-state index contributed by atoms with van der Waals surface area (Å²) >= 11 is 0. The molecule has 1 N–H and O–H groups in total. The van der Waals surface area contributed by atoms with Crippen LogP contribution in [0.15, 0.2) is 35.1 Å². The minimum atomic E-state index is -0.00846. The Morgan fingerprint density at radius 3 is 2.43 bits per heavy atom. The maximum absolute atomic E-state index is 12.6. The molecule has 0 amide bonds. The van der Waals surface area contributed by atoms with Gasteiger partial charge in [0, 0.05) is 17.3 Å². The van der Waals surface area contributed by atoms with Gasteiger partial charge in [-0.1, -0.05) is 43.7 Å². The summed E-state index contributed by atoms with van der Waals surface area (Å²) in [6, 6.07) is 10.1. The highest BCUT2D eigenvalue weighted by molar-refractivity contribution is 5.64. The third-order valence-corrected chi connectivity index (χ3v) is 3.78. The summed E-state index contributed by atoms with van der Waals surface area (Å²) in [6.07, 6.45) is 0. The number of rotatable bonds is 2. The normalized spacial score (nSPS) is 11.5. The number of aromatic nitrogens is 3. The van der Waals surface area contributed by atoms with Crippen LogP contribution < -0.4 is 5.56 Å². The summed E-state index contributed by atoms with van der Waals surface area (Å²) in [5, 5.41) is 3.16. The van der Waals surface area contributed by atoms with E-state index in [1.807, 2.05) is 39.0 Å². The number of hydrogen-bond donors (Lipinski definition) is 1. The van der Waals surface area contributed by atoms with Crippen molar-refractivity contribution < 1.29 is 0 Å². The number of aryl methyl sites for hydroxylation is 2. The predicted molar refractivity (Wildman–Crippen MR) is 84.8 cm³/mol. The molecule has 3 rings (SSSR count). The van der Waals surface area contributed by atoms with Gasteiger partial charge in [-0.15, -0.1) is 0 Å². The van der Waals surface area contributed by atoms with E-state index < -0.39 is 0 Å². The zero-order chi connectivity index (χ0) is 15.1. The molecule has 0 bridgehead atoms. The second kappa shape index (κ2) is 4.88. The number of aromatic amines is 1. The fourth-order valence-electron chi connectivity index (χ4n) is 2.69. The fourth-order valence-corrected chi connectivity index (χ4v) is 2.69. The molecule has 0 saturated carbocycles. The van der Waals surface area contributed by atoms with E-state index in [0.717, 1.165) is 22.5 Å². The van der Waals surface area contributed by atoms with Crippen LogP contribution in [0.1, 0.15) is 36.6 Å². The van der Waals surface area contributed by atoms with Gasteiger partial charge in [0.25, 0.3) is 5.56 Å². The Labute approximate surface area is 123 Å². The van der Waals surface area contributed by atoms with Gasteiger partial charge >= 0.3 is 0 Å². The molecule has 2 aromatic heterocycles. The van der Waals surface area contributed by atoms with Crippen LogP contribution >= 0.6 is 0 Å². The molecule has 4 nitrogen and oxygen atoms in total. The molecule has 3 aromatic rings. The lowest BCUT2D eigenvalue weighted by Gasteiger charge is -2.07. The summed E-state index contributed by atoms with van der Waals surface area (Å²) in [4.78, 5) is 17.1. The van der Waals surface area contributed by atoms with Crippen molar-refractivity contribution in [2.24, 2.45) is 0 Å². The smallest absolute Gasteiger partial charge is 0.276 e. The van der Waals surface area contributed by atoms with Crippen molar-refractivity contribution >= 4 is 5.65 Å². The van der Waals surface area contributed by atoms with Gasteiger partial charge in [0.05, 0.1) is 5.69 Å². The van der Waals surface area contributed by atoms with E-state index in [2.05, 4.69) is 29.1 Å². The van der Waals surface area contributed by atoms with E-state index in [4.69, 9.17) is 0 Å². The third-order valence-electron chi connectivity index (χ3n) is 3.78. The van der Waals surface area contributed by atoms with E-state index in [9.17, 15) is 4.79 Å². The van der Waals surface area contributed by atoms with Gasteiger partial charge in [0.2, 0.25) is 0 Å². The number of H-pyrrole nitrogens is 1. The van der Waals surface area contributed by atoms with Crippen molar-refractivity contribution in [1.82, 2.24) is 14.6 Å². The molecule has 0 atom stereocenters. The van der Waals surface area contributed by atoms with E-state index >= 15 is 0 Å². The van der Waals surface area contributed by atoms with Gasteiger partial charge in [-0.3, -0.25) is 9.89 Å². The zero-order valence-corrected chi connectivity index (χ0v) is 12.8. The molecule has 21 heavy (non-hydrogen) atoms. The van der Waals surface area contributed by atoms with E-state index in [1.54, 1.807) is 0 Å². The number of nitrogens with zero attached hydrogens (tertiary/aromatic N) is 2. The van der Waals surface area contributed by atoms with Crippen LogP contribution in [-0.2, 0) is 0 Å². The Morgan fingerprint density at radius 2 is 1.81 bits per heavy atom. The Balaban J connectivity index is 2.23. The summed E-state index contributed by atoms with van der Waals surface area (Å²) < 4.78 is 1.54. The van der Waals surface area contributed by atoms with Crippen molar-refractivity contribution in [2.75, 3.05) is 0 Å². The van der Waals surface area contributed by atoms with Crippen molar-refractivity contribution in [2.45, 2.75) is 33.6 Å². The number of fused-ring (bicyclic) bond motifs is 1. The zero-order valence-electron chi connectivity index (χ0n) is 12.8. The van der Waals surface area contributed by atoms with Crippen LogP contribution in [0.3, 0.4) is 0 Å². The molecule has 4 heteroatoms. The molecule has 0 aliphatic carbocycles. The van der Waals surface area contributed by atoms with Crippen molar-refractivity contribution in [3.05, 3.63) is 57.5 Å². The van der Waals surface area contributed by atoms with Gasteiger partial charge in [-0.05, 0) is 25.3 Å². The minimum Gasteiger partial charge on any atom is -0.289 e. The van der Waals surface area contributed by atoms with Crippen molar-refractivity contribution in [3.8, 4) is 11.3 Å². The summed E-state index contributed by atoms with van der Waals surface area (Å²) in [7, 11) is 0. The lowest BCUT2D eigenvalue weighted by Crippen LogP contribution is -2.22. The summed E-state index contributed by atoms with van der Waals surface area (Å²) in [6.45, 7) is 7.98. The maximum atomic E-state index is 12.6. The van der Waals surface area contributed by atoms with Gasteiger partial charge in [-0.25, -0.2) is 9.50 Å². The quantitative estimate of drug-likeness (QED) is 0.782. The van der Waals surface area contributed by atoms with E-state index in [-0.39, 0.29) is 11.5 Å². The minimum absolute atomic E-state index is 0.00846. The first-order valence-corrected chi connectivity index (χ1v) is 7.16. The summed E-state index contributed by atoms with van der Waals surface area (Å²) in [5.74, 6) is 0.160. The summed E-state index contributed by atoms with van der Waals surface area (Å²) in [5.41, 5.74) is 5.40. The molecule has 0 unspecified atom stereocenters. The van der Waals surface area contributed by atoms with Crippen LogP contribution in [0, 0.1) is 13.8 Å². The molecule has 0 aliphatic rings. The first kappa shape index (κ1) is 13.6. The standard InChI is InChI=1S/C17H19N3O/c1-10(2)16-12(4)18-15-9-14(19-20(15)17(16)21)13-7-5-11(3)6-8-13/h5-10,19H,1-4H3. The number of benzene rings is 1. The van der Waals surface area contributed by atoms with Crippen molar-refractivity contribution in [3.63, 3.8) is 0 Å². The van der Waals surface area contributed by atoms with E-state index in [0.29, 0.717) is 5.65 Å². The van der Waals surface area contributed by atoms with Crippen LogP contribution in [0.2, 0.25) is 0 Å². The van der Waals surface area contributed by atoms with Gasteiger partial charge in [0.1, 0.15) is 0 Å². The molecule has 108 valence electrons. The highest BCUT2D eigenvalue weighted by Gasteiger charge is 2.15. The SMILES string of the molecule is Cc1ccc(-c2cc3nc(C)c(C(C)C)c(=O)n3[nH]2)cc1. The molecule has 0 radical (unpaired) electrons. The average Bonchev–Trinajstić information content (AvgIpc) is 2.83. The van der Waals surface area contributed by atoms with Gasteiger partial charge in [0.15, 0.2) is 5.65 Å². The first-order chi connectivity index (χ1) is 9.97.